The van der Waals surface area contributed by atoms with Crippen LogP contribution in [0.4, 0.5) is 0 Å². The average Bonchev–Trinajstić information content (AvgIpc) is 2.85. The summed E-state index contributed by atoms with van der Waals surface area (Å²) in [5.41, 5.74) is 3.05. The van der Waals surface area contributed by atoms with Crippen molar-refractivity contribution >= 4 is 17.5 Å². The Morgan fingerprint density at radius 3 is 2.70 bits per heavy atom. The highest BCUT2D eigenvalue weighted by Gasteiger charge is 2.22. The third-order valence-electron chi connectivity index (χ3n) is 3.78. The molecule has 6 heteroatoms. The number of hydrogen-bond donors (Lipinski definition) is 0. The summed E-state index contributed by atoms with van der Waals surface area (Å²) in [5, 5.41) is 0. The molecule has 1 amide bonds. The van der Waals surface area contributed by atoms with Gasteiger partial charge in [-0.1, -0.05) is 6.07 Å². The van der Waals surface area contributed by atoms with Crippen molar-refractivity contribution in [3.63, 3.8) is 0 Å². The highest BCUT2D eigenvalue weighted by Crippen LogP contribution is 2.17. The fourth-order valence-corrected chi connectivity index (χ4v) is 2.59. The molecule has 6 nitrogen and oxygen atoms in total. The summed E-state index contributed by atoms with van der Waals surface area (Å²) in [6.07, 6.45) is 2.04. The summed E-state index contributed by atoms with van der Waals surface area (Å²) in [6.45, 7) is 8.68. The zero-order valence-electron chi connectivity index (χ0n) is 14.1. The molecular formula is C17H23N3O3. The van der Waals surface area contributed by atoms with Gasteiger partial charge in [0.15, 0.2) is 0 Å². The van der Waals surface area contributed by atoms with E-state index in [1.54, 1.807) is 11.8 Å². The van der Waals surface area contributed by atoms with Crippen LogP contribution < -0.4 is 0 Å². The van der Waals surface area contributed by atoms with Gasteiger partial charge in [-0.2, -0.15) is 0 Å². The number of imidazole rings is 1. The van der Waals surface area contributed by atoms with E-state index in [2.05, 4.69) is 4.98 Å². The first-order valence-electron chi connectivity index (χ1n) is 7.88. The first-order valence-corrected chi connectivity index (χ1v) is 7.88. The molecule has 0 aliphatic rings. The molecule has 0 N–H and O–H groups in total. The molecule has 0 aromatic carbocycles. The molecule has 2 rings (SSSR count). The summed E-state index contributed by atoms with van der Waals surface area (Å²) >= 11 is 0. The van der Waals surface area contributed by atoms with Crippen LogP contribution >= 0.6 is 0 Å². The van der Waals surface area contributed by atoms with Gasteiger partial charge in [0.05, 0.1) is 18.7 Å². The van der Waals surface area contributed by atoms with Gasteiger partial charge in [0.1, 0.15) is 11.3 Å². The fourth-order valence-electron chi connectivity index (χ4n) is 2.59. The van der Waals surface area contributed by atoms with Gasteiger partial charge in [-0.15, -0.1) is 0 Å². The maximum absolute atomic E-state index is 12.9. The second-order valence-electron chi connectivity index (χ2n) is 5.37. The highest BCUT2D eigenvalue weighted by molar-refractivity contribution is 5.95. The molecule has 0 saturated heterocycles. The first-order chi connectivity index (χ1) is 11.0. The molecule has 0 saturated carbocycles. The number of amides is 1. The van der Waals surface area contributed by atoms with Crippen LogP contribution in [-0.4, -0.2) is 45.9 Å². The van der Waals surface area contributed by atoms with E-state index >= 15 is 0 Å². The summed E-state index contributed by atoms with van der Waals surface area (Å²) in [6, 6.07) is 3.86. The monoisotopic (exact) mass is 317 g/mol. The van der Waals surface area contributed by atoms with Gasteiger partial charge < -0.3 is 9.64 Å². The Morgan fingerprint density at radius 2 is 2.04 bits per heavy atom. The van der Waals surface area contributed by atoms with Crippen LogP contribution in [0, 0.1) is 13.8 Å². The number of carbonyl (C=O) groups is 2. The Kier molecular flexibility index (Phi) is 5.36. The lowest BCUT2D eigenvalue weighted by molar-refractivity contribution is -0.143. The first kappa shape index (κ1) is 17.0. The molecule has 23 heavy (non-hydrogen) atoms. The number of carbonyl (C=O) groups excluding carboxylic acids is 2. The van der Waals surface area contributed by atoms with Crippen molar-refractivity contribution < 1.29 is 14.3 Å². The molecule has 0 aliphatic heterocycles. The molecule has 2 aromatic heterocycles. The highest BCUT2D eigenvalue weighted by atomic mass is 16.5. The van der Waals surface area contributed by atoms with Crippen LogP contribution in [0.15, 0.2) is 18.3 Å². The Balaban J connectivity index is 2.26. The molecule has 0 atom stereocenters. The summed E-state index contributed by atoms with van der Waals surface area (Å²) in [5.74, 6) is -0.406. The van der Waals surface area contributed by atoms with Crippen molar-refractivity contribution in [1.82, 2.24) is 14.3 Å². The number of aromatic nitrogens is 2. The van der Waals surface area contributed by atoms with E-state index in [9.17, 15) is 9.59 Å². The van der Waals surface area contributed by atoms with E-state index in [1.807, 2.05) is 43.5 Å². The van der Waals surface area contributed by atoms with E-state index in [0.717, 1.165) is 11.2 Å². The maximum atomic E-state index is 12.9. The molecule has 124 valence electrons. The number of aryl methyl sites for hydroxylation is 2. The largest absolute Gasteiger partial charge is 0.466 e. The van der Waals surface area contributed by atoms with E-state index in [-0.39, 0.29) is 18.3 Å². The second kappa shape index (κ2) is 7.26. The summed E-state index contributed by atoms with van der Waals surface area (Å²) in [4.78, 5) is 30.5. The van der Waals surface area contributed by atoms with Gasteiger partial charge >= 0.3 is 5.97 Å². The van der Waals surface area contributed by atoms with Crippen LogP contribution in [-0.2, 0) is 9.53 Å². The molecule has 0 bridgehead atoms. The van der Waals surface area contributed by atoms with Gasteiger partial charge in [0.2, 0.25) is 0 Å². The van der Waals surface area contributed by atoms with Crippen molar-refractivity contribution in [2.45, 2.75) is 34.1 Å². The third-order valence-corrected chi connectivity index (χ3v) is 3.78. The van der Waals surface area contributed by atoms with Crippen molar-refractivity contribution in [2.75, 3.05) is 19.7 Å². The molecule has 0 aliphatic carbocycles. The Labute approximate surface area is 136 Å². The SMILES string of the molecule is CCOC(=O)CCN(CC)C(=O)c1c(C)nc2c(C)cccn12. The van der Waals surface area contributed by atoms with E-state index in [1.165, 1.54) is 0 Å². The standard InChI is InChI=1S/C17H23N3O3/c1-5-19(11-9-14(21)23-6-2)17(22)15-13(4)18-16-12(3)8-7-10-20(15)16/h7-8,10H,5-6,9,11H2,1-4H3. The zero-order chi connectivity index (χ0) is 17.0. The van der Waals surface area contributed by atoms with E-state index in [0.29, 0.717) is 31.1 Å². The smallest absolute Gasteiger partial charge is 0.307 e. The predicted octanol–water partition coefficient (Wildman–Crippen LogP) is 2.37. The number of fused-ring (bicyclic) bond motifs is 1. The Bertz CT molecular complexity index is 721. The maximum Gasteiger partial charge on any atom is 0.307 e. The molecule has 0 spiro atoms. The van der Waals surface area contributed by atoms with Crippen molar-refractivity contribution in [2.24, 2.45) is 0 Å². The van der Waals surface area contributed by atoms with Crippen LogP contribution in [0.2, 0.25) is 0 Å². The molecule has 0 radical (unpaired) electrons. The fraction of sp³-hybridized carbons (Fsp3) is 0.471. The Hall–Kier alpha value is -2.37. The summed E-state index contributed by atoms with van der Waals surface area (Å²) in [7, 11) is 0. The number of pyridine rings is 1. The van der Waals surface area contributed by atoms with Gasteiger partial charge in [-0.05, 0) is 39.3 Å². The average molecular weight is 317 g/mol. The van der Waals surface area contributed by atoms with Crippen LogP contribution in [0.3, 0.4) is 0 Å². The lowest BCUT2D eigenvalue weighted by Crippen LogP contribution is -2.34. The number of esters is 1. The minimum atomic E-state index is -0.288. The zero-order valence-corrected chi connectivity index (χ0v) is 14.1. The van der Waals surface area contributed by atoms with Crippen molar-refractivity contribution in [1.29, 1.82) is 0 Å². The minimum absolute atomic E-state index is 0.118. The van der Waals surface area contributed by atoms with Crippen molar-refractivity contribution in [3.05, 3.63) is 35.3 Å². The number of rotatable bonds is 6. The molecular weight excluding hydrogens is 294 g/mol. The summed E-state index contributed by atoms with van der Waals surface area (Å²) < 4.78 is 6.74. The lowest BCUT2D eigenvalue weighted by atomic mass is 10.2. The number of hydrogen-bond acceptors (Lipinski definition) is 4. The van der Waals surface area contributed by atoms with Crippen molar-refractivity contribution in [3.8, 4) is 0 Å². The lowest BCUT2D eigenvalue weighted by Gasteiger charge is -2.20. The van der Waals surface area contributed by atoms with Gasteiger partial charge in [-0.3, -0.25) is 14.0 Å². The normalized spacial score (nSPS) is 10.8. The molecule has 2 aromatic rings. The van der Waals surface area contributed by atoms with Gasteiger partial charge in [-0.25, -0.2) is 4.98 Å². The van der Waals surface area contributed by atoms with Crippen LogP contribution in [0.5, 0.6) is 0 Å². The molecule has 0 unspecified atom stereocenters. The topological polar surface area (TPSA) is 63.9 Å². The predicted molar refractivity (Wildman–Crippen MR) is 87.5 cm³/mol. The Morgan fingerprint density at radius 1 is 1.30 bits per heavy atom. The second-order valence-corrected chi connectivity index (χ2v) is 5.37. The molecule has 0 fully saturated rings. The van der Waals surface area contributed by atoms with Gasteiger partial charge in [0, 0.05) is 19.3 Å². The number of nitrogens with zero attached hydrogens (tertiary/aromatic N) is 3. The minimum Gasteiger partial charge on any atom is -0.466 e. The number of ether oxygens (including phenoxy) is 1. The van der Waals surface area contributed by atoms with E-state index < -0.39 is 0 Å². The van der Waals surface area contributed by atoms with Crippen LogP contribution in [0.1, 0.15) is 42.0 Å². The third kappa shape index (κ3) is 3.52. The van der Waals surface area contributed by atoms with Crippen LogP contribution in [0.25, 0.3) is 5.65 Å². The van der Waals surface area contributed by atoms with E-state index in [4.69, 9.17) is 4.74 Å². The molecule has 2 heterocycles. The van der Waals surface area contributed by atoms with Gasteiger partial charge in [0.25, 0.3) is 5.91 Å². The quantitative estimate of drug-likeness (QED) is 0.767.